The van der Waals surface area contributed by atoms with Crippen LogP contribution in [0.5, 0.6) is 0 Å². The minimum atomic E-state index is -3.55. The van der Waals surface area contributed by atoms with Crippen LogP contribution < -0.4 is 4.72 Å². The van der Waals surface area contributed by atoms with Crippen LogP contribution in [0.15, 0.2) is 23.1 Å². The maximum absolute atomic E-state index is 12.3. The van der Waals surface area contributed by atoms with E-state index in [4.69, 9.17) is 23.2 Å². The highest BCUT2D eigenvalue weighted by molar-refractivity contribution is 7.89. The summed E-state index contributed by atoms with van der Waals surface area (Å²) < 4.78 is 27.4. The van der Waals surface area contributed by atoms with Gasteiger partial charge in [-0.05, 0) is 44.1 Å². The zero-order valence-electron chi connectivity index (χ0n) is 11.3. The molecule has 0 aromatic heterocycles. The Balaban J connectivity index is 2.12. The number of hydrogen-bond acceptors (Lipinski definition) is 3. The highest BCUT2D eigenvalue weighted by Crippen LogP contribution is 2.25. The van der Waals surface area contributed by atoms with E-state index in [0.29, 0.717) is 5.02 Å². The van der Waals surface area contributed by atoms with Crippen LogP contribution in [0.4, 0.5) is 0 Å². The number of nitrogens with one attached hydrogen (secondary N) is 1. The summed E-state index contributed by atoms with van der Waals surface area (Å²) in [4.78, 5) is 2.39. The monoisotopic (exact) mass is 336 g/mol. The molecule has 0 radical (unpaired) electrons. The minimum Gasteiger partial charge on any atom is -0.302 e. The molecule has 0 spiro atoms. The van der Waals surface area contributed by atoms with Gasteiger partial charge in [-0.3, -0.25) is 0 Å². The van der Waals surface area contributed by atoms with E-state index in [1.165, 1.54) is 18.2 Å². The van der Waals surface area contributed by atoms with E-state index in [1.54, 1.807) is 0 Å². The quantitative estimate of drug-likeness (QED) is 0.919. The van der Waals surface area contributed by atoms with Crippen molar-refractivity contribution < 1.29 is 8.42 Å². The molecule has 1 aromatic carbocycles. The van der Waals surface area contributed by atoms with E-state index in [2.05, 4.69) is 16.5 Å². The van der Waals surface area contributed by atoms with Crippen LogP contribution in [-0.4, -0.2) is 39.0 Å². The van der Waals surface area contributed by atoms with Crippen molar-refractivity contribution >= 4 is 33.2 Å². The Bertz CT molecular complexity index is 578. The molecule has 1 atom stereocenters. The van der Waals surface area contributed by atoms with Crippen molar-refractivity contribution in [2.24, 2.45) is 0 Å². The number of sulfonamides is 1. The summed E-state index contributed by atoms with van der Waals surface area (Å²) in [7, 11) is -3.55. The second kappa shape index (κ2) is 6.62. The van der Waals surface area contributed by atoms with Crippen LogP contribution in [0.3, 0.4) is 0 Å². The molecule has 1 aliphatic rings. The number of rotatable bonds is 4. The van der Waals surface area contributed by atoms with Gasteiger partial charge in [-0.25, -0.2) is 13.1 Å². The largest absolute Gasteiger partial charge is 0.302 e. The van der Waals surface area contributed by atoms with E-state index >= 15 is 0 Å². The van der Waals surface area contributed by atoms with E-state index < -0.39 is 10.0 Å². The summed E-state index contributed by atoms with van der Waals surface area (Å²) in [5.74, 6) is 0. The second-order valence-corrected chi connectivity index (χ2v) is 7.46. The van der Waals surface area contributed by atoms with Crippen LogP contribution in [0.1, 0.15) is 19.8 Å². The van der Waals surface area contributed by atoms with E-state index in [-0.39, 0.29) is 16.0 Å². The van der Waals surface area contributed by atoms with Gasteiger partial charge in [-0.1, -0.05) is 30.1 Å². The predicted molar refractivity (Wildman–Crippen MR) is 81.9 cm³/mol. The molecule has 1 fully saturated rings. The van der Waals surface area contributed by atoms with Gasteiger partial charge >= 0.3 is 0 Å². The lowest BCUT2D eigenvalue weighted by atomic mass is 10.1. The van der Waals surface area contributed by atoms with E-state index in [0.717, 1.165) is 32.5 Å². The third-order valence-electron chi connectivity index (χ3n) is 3.48. The molecular weight excluding hydrogens is 319 g/mol. The molecule has 0 bridgehead atoms. The van der Waals surface area contributed by atoms with Gasteiger partial charge in [-0.15, -0.1) is 0 Å². The predicted octanol–water partition coefficient (Wildman–Crippen LogP) is 2.76. The molecule has 1 N–H and O–H groups in total. The number of likely N-dealkylation sites (tertiary alicyclic amines) is 1. The van der Waals surface area contributed by atoms with Crippen molar-refractivity contribution in [1.29, 1.82) is 0 Å². The zero-order valence-corrected chi connectivity index (χ0v) is 13.6. The van der Waals surface area contributed by atoms with Gasteiger partial charge in [0.1, 0.15) is 0 Å². The maximum atomic E-state index is 12.3. The smallest absolute Gasteiger partial charge is 0.240 e. The van der Waals surface area contributed by atoms with Gasteiger partial charge in [0, 0.05) is 12.6 Å². The van der Waals surface area contributed by atoms with Gasteiger partial charge in [0.05, 0.1) is 14.9 Å². The zero-order chi connectivity index (χ0) is 14.8. The lowest BCUT2D eigenvalue weighted by Crippen LogP contribution is -2.47. The number of likely N-dealkylation sites (N-methyl/N-ethyl adjacent to an activating group) is 1. The van der Waals surface area contributed by atoms with Gasteiger partial charge < -0.3 is 4.90 Å². The summed E-state index contributed by atoms with van der Waals surface area (Å²) in [5.41, 5.74) is 0. The van der Waals surface area contributed by atoms with Crippen LogP contribution in [-0.2, 0) is 10.0 Å². The molecule has 1 aromatic rings. The molecule has 1 aliphatic heterocycles. The van der Waals surface area contributed by atoms with Crippen molar-refractivity contribution in [2.75, 3.05) is 19.6 Å². The van der Waals surface area contributed by atoms with Crippen molar-refractivity contribution in [3.05, 3.63) is 28.2 Å². The van der Waals surface area contributed by atoms with Crippen molar-refractivity contribution in [3.63, 3.8) is 0 Å². The summed E-state index contributed by atoms with van der Waals surface area (Å²) >= 11 is 11.7. The highest BCUT2D eigenvalue weighted by Gasteiger charge is 2.24. The van der Waals surface area contributed by atoms with Gasteiger partial charge in [0.2, 0.25) is 10.0 Å². The highest BCUT2D eigenvalue weighted by atomic mass is 35.5. The third kappa shape index (κ3) is 3.86. The first kappa shape index (κ1) is 16.0. The number of piperidine rings is 1. The third-order valence-corrected chi connectivity index (χ3v) is 5.73. The Kier molecular flexibility index (Phi) is 5.31. The number of hydrogen-bond donors (Lipinski definition) is 1. The van der Waals surface area contributed by atoms with Crippen molar-refractivity contribution in [1.82, 2.24) is 9.62 Å². The molecule has 112 valence electrons. The fourth-order valence-corrected chi connectivity index (χ4v) is 4.02. The minimum absolute atomic E-state index is 0.0526. The topological polar surface area (TPSA) is 49.4 Å². The fourth-order valence-electron chi connectivity index (χ4n) is 2.37. The summed E-state index contributed by atoms with van der Waals surface area (Å²) in [6.45, 7) is 4.79. The Hall–Kier alpha value is -0.330. The molecule has 0 saturated carbocycles. The van der Waals surface area contributed by atoms with Crippen LogP contribution >= 0.6 is 23.2 Å². The lowest BCUT2D eigenvalue weighted by Gasteiger charge is -2.32. The number of halogens is 2. The van der Waals surface area contributed by atoms with Gasteiger partial charge in [0.25, 0.3) is 0 Å². The SMILES string of the molecule is CCN1CCC[C@H](NS(=O)(=O)c2ccc(Cl)c(Cl)c2)C1. The second-order valence-electron chi connectivity index (χ2n) is 4.93. The maximum Gasteiger partial charge on any atom is 0.240 e. The molecule has 2 rings (SSSR count). The van der Waals surface area contributed by atoms with Crippen LogP contribution in [0.25, 0.3) is 0 Å². The van der Waals surface area contributed by atoms with E-state index in [1.807, 2.05) is 0 Å². The normalized spacial score (nSPS) is 21.1. The Labute approximate surface area is 130 Å². The summed E-state index contributed by atoms with van der Waals surface area (Å²) in [5, 5.41) is 0.591. The van der Waals surface area contributed by atoms with Crippen molar-refractivity contribution in [2.45, 2.75) is 30.7 Å². The molecule has 0 amide bonds. The summed E-state index contributed by atoms with van der Waals surface area (Å²) in [6.07, 6.45) is 1.86. The van der Waals surface area contributed by atoms with Crippen molar-refractivity contribution in [3.8, 4) is 0 Å². The number of benzene rings is 1. The Morgan fingerprint density at radius 3 is 2.75 bits per heavy atom. The Morgan fingerprint density at radius 1 is 1.35 bits per heavy atom. The number of nitrogens with zero attached hydrogens (tertiary/aromatic N) is 1. The average Bonchev–Trinajstić information content (AvgIpc) is 2.41. The molecule has 1 saturated heterocycles. The van der Waals surface area contributed by atoms with Crippen LogP contribution in [0, 0.1) is 0 Å². The molecule has 0 aliphatic carbocycles. The molecule has 20 heavy (non-hydrogen) atoms. The molecule has 7 heteroatoms. The molecular formula is C13H18Cl2N2O2S. The molecule has 0 unspecified atom stereocenters. The first-order chi connectivity index (χ1) is 9.42. The van der Waals surface area contributed by atoms with Crippen LogP contribution in [0.2, 0.25) is 10.0 Å². The van der Waals surface area contributed by atoms with E-state index in [9.17, 15) is 8.42 Å². The molecule has 4 nitrogen and oxygen atoms in total. The lowest BCUT2D eigenvalue weighted by molar-refractivity contribution is 0.211. The Morgan fingerprint density at radius 2 is 2.10 bits per heavy atom. The molecule has 1 heterocycles. The first-order valence-corrected chi connectivity index (χ1v) is 8.86. The standard InChI is InChI=1S/C13H18Cl2N2O2S/c1-2-17-7-3-4-10(9-17)16-20(18,19)11-5-6-12(14)13(15)8-11/h5-6,8,10,16H,2-4,7,9H2,1H3/t10-/m0/s1. The summed E-state index contributed by atoms with van der Waals surface area (Å²) in [6, 6.07) is 4.30. The average molecular weight is 337 g/mol. The van der Waals surface area contributed by atoms with Gasteiger partial charge in [-0.2, -0.15) is 0 Å². The first-order valence-electron chi connectivity index (χ1n) is 6.62. The fraction of sp³-hybridized carbons (Fsp3) is 0.538. The van der Waals surface area contributed by atoms with Gasteiger partial charge in [0.15, 0.2) is 0 Å².